The van der Waals surface area contributed by atoms with Crippen LogP contribution in [0.1, 0.15) is 96.1 Å². The normalized spacial score (nSPS) is 23.4. The number of aromatic hydroxyl groups is 1. The molecule has 2 saturated carbocycles. The lowest BCUT2D eigenvalue weighted by Gasteiger charge is -2.27. The van der Waals surface area contributed by atoms with Crippen molar-refractivity contribution in [1.82, 2.24) is 5.32 Å². The summed E-state index contributed by atoms with van der Waals surface area (Å²) in [4.78, 5) is 64.0. The molecular formula is C34H53N3O12. The summed E-state index contributed by atoms with van der Waals surface area (Å²) in [5.41, 5.74) is 11.2. The number of rotatable bonds is 8. The highest BCUT2D eigenvalue weighted by Gasteiger charge is 2.29. The summed E-state index contributed by atoms with van der Waals surface area (Å²) in [6.45, 7) is 4.05. The van der Waals surface area contributed by atoms with Crippen LogP contribution >= 0.6 is 0 Å². The van der Waals surface area contributed by atoms with E-state index in [0.717, 1.165) is 32.1 Å². The number of aliphatic carboxylic acids is 4. The number of amides is 1. The van der Waals surface area contributed by atoms with Crippen molar-refractivity contribution in [3.63, 3.8) is 0 Å². The first-order valence-corrected chi connectivity index (χ1v) is 16.6. The van der Waals surface area contributed by atoms with Crippen molar-refractivity contribution in [1.29, 1.82) is 0 Å². The number of Topliss-reactive ketones (excluding diaryl/α,β-unsaturated/α-hetero) is 1. The first-order chi connectivity index (χ1) is 22.9. The van der Waals surface area contributed by atoms with E-state index in [1.54, 1.807) is 13.8 Å². The highest BCUT2D eigenvalue weighted by Crippen LogP contribution is 2.28. The summed E-state index contributed by atoms with van der Waals surface area (Å²) in [7, 11) is 0. The molecule has 0 radical (unpaired) electrons. The van der Waals surface area contributed by atoms with Gasteiger partial charge in [0.25, 0.3) is 0 Å². The predicted molar refractivity (Wildman–Crippen MR) is 177 cm³/mol. The molecule has 49 heavy (non-hydrogen) atoms. The summed E-state index contributed by atoms with van der Waals surface area (Å²) in [5.74, 6) is -3.35. The average Bonchev–Trinajstić information content (AvgIpc) is 3.29. The van der Waals surface area contributed by atoms with Crippen LogP contribution in [0.2, 0.25) is 0 Å². The number of nitrogens with one attached hydrogen (secondary N) is 1. The Hall–Kier alpha value is -4.08. The second-order valence-corrected chi connectivity index (χ2v) is 12.9. The molecule has 1 aliphatic heterocycles. The van der Waals surface area contributed by atoms with Crippen LogP contribution in [0.4, 0.5) is 0 Å². The van der Waals surface area contributed by atoms with Crippen LogP contribution in [0.25, 0.3) is 0 Å². The standard InChI is InChI=1S/C9H15NO3.C9H14O3.C8H15NO3.C8H9NO3/c1-6(9(12)13)7-2-3-8(11)10-5-4-7;1-6(9(11)12)7-2-4-8(10)5-3-7;2*9-7(8(11)12)5-1-3-6(10)4-2-5/h6-7H,2-5H2,1H3,(H,10,11)(H,12,13);6-7H,2-5H2,1H3,(H,11,12);5-7,10H,1-4,9H2,(H,11,12);1-4,7,10H,9H2,(H,11,12). The van der Waals surface area contributed by atoms with E-state index in [1.807, 2.05) is 0 Å². The summed E-state index contributed by atoms with van der Waals surface area (Å²) >= 11 is 0. The Morgan fingerprint density at radius 3 is 1.59 bits per heavy atom. The molecule has 1 amide bonds. The highest BCUT2D eigenvalue weighted by molar-refractivity contribution is 5.79. The van der Waals surface area contributed by atoms with Gasteiger partial charge >= 0.3 is 23.9 Å². The fraction of sp³-hybridized carbons (Fsp3) is 0.647. The maximum absolute atomic E-state index is 11.0. The van der Waals surface area contributed by atoms with Crippen LogP contribution in [-0.2, 0) is 28.8 Å². The summed E-state index contributed by atoms with van der Waals surface area (Å²) in [6.07, 6.45) is 7.17. The summed E-state index contributed by atoms with van der Waals surface area (Å²) in [5, 5.41) is 55.4. The van der Waals surface area contributed by atoms with Crippen LogP contribution in [0.5, 0.6) is 5.75 Å². The van der Waals surface area contributed by atoms with Gasteiger partial charge in [0.1, 0.15) is 23.6 Å². The lowest BCUT2D eigenvalue weighted by molar-refractivity contribution is -0.144. The number of benzene rings is 1. The molecule has 15 heteroatoms. The van der Waals surface area contributed by atoms with Crippen molar-refractivity contribution in [3.05, 3.63) is 29.8 Å². The van der Waals surface area contributed by atoms with Crippen LogP contribution in [0, 0.1) is 29.6 Å². The Bertz CT molecular complexity index is 1220. The maximum atomic E-state index is 11.0. The number of carbonyl (C=O) groups is 6. The van der Waals surface area contributed by atoms with Gasteiger partial charge in [-0.05, 0) is 86.8 Å². The van der Waals surface area contributed by atoms with Crippen LogP contribution in [-0.4, -0.2) is 84.9 Å². The zero-order valence-electron chi connectivity index (χ0n) is 28.2. The Balaban J connectivity index is 0.000000327. The number of phenols is 1. The van der Waals surface area contributed by atoms with E-state index in [2.05, 4.69) is 5.32 Å². The smallest absolute Gasteiger partial charge is 0.325 e. The number of hydrogen-bond donors (Lipinski definition) is 9. The molecule has 0 aromatic heterocycles. The minimum atomic E-state index is -1.08. The Labute approximate surface area is 286 Å². The van der Waals surface area contributed by atoms with Gasteiger partial charge in [0.05, 0.1) is 17.9 Å². The molecular weight excluding hydrogens is 642 g/mol. The molecule has 276 valence electrons. The molecule has 3 aliphatic rings. The van der Waals surface area contributed by atoms with Gasteiger partial charge in [0, 0.05) is 25.8 Å². The number of aliphatic hydroxyl groups excluding tert-OH is 1. The second-order valence-electron chi connectivity index (χ2n) is 12.9. The minimum absolute atomic E-state index is 0.0417. The largest absolute Gasteiger partial charge is 0.508 e. The molecule has 1 aromatic rings. The third-order valence-corrected chi connectivity index (χ3v) is 9.41. The molecule has 1 saturated heterocycles. The number of nitrogens with two attached hydrogens (primary N) is 2. The quantitative estimate of drug-likeness (QED) is 0.189. The number of carbonyl (C=O) groups excluding carboxylic acids is 2. The van der Waals surface area contributed by atoms with Crippen molar-refractivity contribution >= 4 is 35.6 Å². The summed E-state index contributed by atoms with van der Waals surface area (Å²) in [6, 6.07) is 3.99. The predicted octanol–water partition coefficient (Wildman–Crippen LogP) is 2.52. The lowest BCUT2D eigenvalue weighted by Crippen LogP contribution is -2.40. The second kappa shape index (κ2) is 21.8. The number of carboxylic acids is 4. The molecule has 1 aromatic carbocycles. The van der Waals surface area contributed by atoms with E-state index < -0.39 is 36.0 Å². The van der Waals surface area contributed by atoms with E-state index in [1.165, 1.54) is 24.3 Å². The van der Waals surface area contributed by atoms with E-state index in [-0.39, 0.29) is 53.1 Å². The molecule has 5 unspecified atom stereocenters. The molecule has 0 spiro atoms. The van der Waals surface area contributed by atoms with Crippen LogP contribution in [0.3, 0.4) is 0 Å². The van der Waals surface area contributed by atoms with Crippen molar-refractivity contribution in [2.24, 2.45) is 41.1 Å². The number of phenolic OH excluding ortho intramolecular Hbond substituents is 1. The fourth-order valence-electron chi connectivity index (χ4n) is 5.80. The molecule has 2 aliphatic carbocycles. The lowest BCUT2D eigenvalue weighted by atomic mass is 9.80. The van der Waals surface area contributed by atoms with Crippen molar-refractivity contribution in [2.45, 2.75) is 103 Å². The minimum Gasteiger partial charge on any atom is -0.508 e. The Morgan fingerprint density at radius 1 is 0.673 bits per heavy atom. The highest BCUT2D eigenvalue weighted by atomic mass is 16.4. The van der Waals surface area contributed by atoms with E-state index in [4.69, 9.17) is 42.1 Å². The van der Waals surface area contributed by atoms with Crippen LogP contribution in [0.15, 0.2) is 24.3 Å². The van der Waals surface area contributed by atoms with Gasteiger partial charge in [0.2, 0.25) is 5.91 Å². The van der Waals surface area contributed by atoms with Gasteiger partial charge in [0.15, 0.2) is 0 Å². The zero-order valence-corrected chi connectivity index (χ0v) is 28.2. The summed E-state index contributed by atoms with van der Waals surface area (Å²) < 4.78 is 0. The average molecular weight is 696 g/mol. The van der Waals surface area contributed by atoms with Gasteiger partial charge in [-0.1, -0.05) is 26.0 Å². The van der Waals surface area contributed by atoms with Gasteiger partial charge in [-0.15, -0.1) is 0 Å². The Kier molecular flexibility index (Phi) is 19.1. The van der Waals surface area contributed by atoms with Crippen molar-refractivity contribution in [2.75, 3.05) is 6.54 Å². The number of hydrogen-bond acceptors (Lipinski definition) is 10. The number of ketones is 1. The maximum Gasteiger partial charge on any atom is 0.325 e. The number of carboxylic acid groups (broad SMARTS) is 4. The first-order valence-electron chi connectivity index (χ1n) is 16.6. The molecule has 15 nitrogen and oxygen atoms in total. The molecule has 11 N–H and O–H groups in total. The fourth-order valence-corrected chi connectivity index (χ4v) is 5.80. The molecule has 5 atom stereocenters. The topological polar surface area (TPSA) is 288 Å². The van der Waals surface area contributed by atoms with Crippen LogP contribution < -0.4 is 16.8 Å². The monoisotopic (exact) mass is 695 g/mol. The van der Waals surface area contributed by atoms with Gasteiger partial charge in [-0.25, -0.2) is 0 Å². The SMILES string of the molecule is CC(C(=O)O)C1CCC(=O)CC1.CC(C(=O)O)C1CCNC(=O)CC1.NC(C(=O)O)C1CCC(O)CC1.NC(C(=O)O)c1ccc(O)cc1. The van der Waals surface area contributed by atoms with E-state index in [9.17, 15) is 28.8 Å². The van der Waals surface area contributed by atoms with E-state index >= 15 is 0 Å². The van der Waals surface area contributed by atoms with Gasteiger partial charge < -0.3 is 47.4 Å². The first kappa shape index (κ1) is 42.9. The molecule has 1 heterocycles. The Morgan fingerprint density at radius 2 is 1.14 bits per heavy atom. The molecule has 3 fully saturated rings. The van der Waals surface area contributed by atoms with Crippen molar-refractivity contribution < 1.29 is 59.4 Å². The van der Waals surface area contributed by atoms with E-state index in [0.29, 0.717) is 50.6 Å². The van der Waals surface area contributed by atoms with Crippen molar-refractivity contribution in [3.8, 4) is 5.75 Å². The molecule has 0 bridgehead atoms. The third-order valence-electron chi connectivity index (χ3n) is 9.41. The number of aliphatic hydroxyl groups is 1. The third kappa shape index (κ3) is 16.2. The van der Waals surface area contributed by atoms with Gasteiger partial charge in [-0.3, -0.25) is 28.8 Å². The molecule has 4 rings (SSSR count). The zero-order chi connectivity index (χ0) is 37.3. The van der Waals surface area contributed by atoms with Gasteiger partial charge in [-0.2, -0.15) is 0 Å².